The van der Waals surface area contributed by atoms with Crippen LogP contribution in [0.5, 0.6) is 0 Å². The van der Waals surface area contributed by atoms with Crippen molar-refractivity contribution in [3.05, 3.63) is 0 Å². The Morgan fingerprint density at radius 3 is 2.57 bits per heavy atom. The summed E-state index contributed by atoms with van der Waals surface area (Å²) in [6, 6.07) is 0. The third kappa shape index (κ3) is 1.27. The topological polar surface area (TPSA) is 26.3 Å². The fraction of sp³-hybridized carbons (Fsp3) is 0.917. The van der Waals surface area contributed by atoms with Gasteiger partial charge in [0.2, 0.25) is 0 Å². The number of ether oxygens (including phenoxy) is 1. The quantitative estimate of drug-likeness (QED) is 0.635. The standard InChI is InChI=1S/C12H20O2/c1-3-12(4-2)10-8-6-5-7-9(10)11(13)14-12/h9-10H,3-8H2,1-2H3/t9-,10-/m0/s1. The van der Waals surface area contributed by atoms with E-state index < -0.39 is 0 Å². The summed E-state index contributed by atoms with van der Waals surface area (Å²) in [7, 11) is 0. The maximum Gasteiger partial charge on any atom is 0.309 e. The third-order valence-electron chi connectivity index (χ3n) is 4.25. The van der Waals surface area contributed by atoms with Crippen molar-refractivity contribution in [2.24, 2.45) is 11.8 Å². The number of carbonyl (C=O) groups excluding carboxylic acids is 1. The van der Waals surface area contributed by atoms with Gasteiger partial charge >= 0.3 is 5.97 Å². The van der Waals surface area contributed by atoms with Crippen molar-refractivity contribution >= 4 is 5.97 Å². The van der Waals surface area contributed by atoms with Crippen LogP contribution >= 0.6 is 0 Å². The zero-order valence-electron chi connectivity index (χ0n) is 9.21. The molecule has 0 spiro atoms. The van der Waals surface area contributed by atoms with Gasteiger partial charge in [-0.3, -0.25) is 4.79 Å². The van der Waals surface area contributed by atoms with Gasteiger partial charge in [0, 0.05) is 5.92 Å². The highest BCUT2D eigenvalue weighted by atomic mass is 16.6. The van der Waals surface area contributed by atoms with Crippen LogP contribution in [0.4, 0.5) is 0 Å². The van der Waals surface area contributed by atoms with E-state index in [1.54, 1.807) is 0 Å². The zero-order chi connectivity index (χ0) is 10.2. The molecule has 1 aliphatic heterocycles. The molecule has 0 aromatic carbocycles. The average Bonchev–Trinajstić information content (AvgIpc) is 2.53. The van der Waals surface area contributed by atoms with Crippen molar-refractivity contribution < 1.29 is 9.53 Å². The van der Waals surface area contributed by atoms with Gasteiger partial charge in [-0.15, -0.1) is 0 Å². The number of esters is 1. The Hall–Kier alpha value is -0.530. The van der Waals surface area contributed by atoms with Crippen LogP contribution in [0.1, 0.15) is 52.4 Å². The van der Waals surface area contributed by atoms with Gasteiger partial charge in [0.1, 0.15) is 5.60 Å². The van der Waals surface area contributed by atoms with Crippen LogP contribution in [0.3, 0.4) is 0 Å². The number of hydrogen-bond acceptors (Lipinski definition) is 2. The molecule has 14 heavy (non-hydrogen) atoms. The summed E-state index contributed by atoms with van der Waals surface area (Å²) in [6.07, 6.45) is 6.70. The smallest absolute Gasteiger partial charge is 0.309 e. The summed E-state index contributed by atoms with van der Waals surface area (Å²) in [5, 5.41) is 0. The van der Waals surface area contributed by atoms with Gasteiger partial charge in [-0.2, -0.15) is 0 Å². The lowest BCUT2D eigenvalue weighted by atomic mass is 9.70. The first kappa shape index (κ1) is 10.0. The molecule has 80 valence electrons. The van der Waals surface area contributed by atoms with Gasteiger partial charge in [-0.25, -0.2) is 0 Å². The van der Waals surface area contributed by atoms with Crippen LogP contribution in [-0.2, 0) is 9.53 Å². The van der Waals surface area contributed by atoms with E-state index in [1.165, 1.54) is 19.3 Å². The zero-order valence-corrected chi connectivity index (χ0v) is 9.21. The molecule has 0 radical (unpaired) electrons. The van der Waals surface area contributed by atoms with E-state index in [1.807, 2.05) is 0 Å². The maximum absolute atomic E-state index is 11.7. The molecule has 0 aromatic heterocycles. The highest BCUT2D eigenvalue weighted by Crippen LogP contribution is 2.48. The van der Waals surface area contributed by atoms with Gasteiger partial charge in [-0.1, -0.05) is 26.7 Å². The van der Waals surface area contributed by atoms with Crippen LogP contribution in [0.15, 0.2) is 0 Å². The predicted molar refractivity (Wildman–Crippen MR) is 54.9 cm³/mol. The molecule has 1 aliphatic carbocycles. The van der Waals surface area contributed by atoms with E-state index >= 15 is 0 Å². The van der Waals surface area contributed by atoms with Gasteiger partial charge in [0.15, 0.2) is 0 Å². The van der Waals surface area contributed by atoms with Crippen molar-refractivity contribution in [1.82, 2.24) is 0 Å². The van der Waals surface area contributed by atoms with Crippen molar-refractivity contribution in [2.45, 2.75) is 58.0 Å². The fourth-order valence-corrected chi connectivity index (χ4v) is 3.31. The summed E-state index contributed by atoms with van der Waals surface area (Å²) in [4.78, 5) is 11.7. The minimum absolute atomic E-state index is 0.0819. The molecule has 1 heterocycles. The van der Waals surface area contributed by atoms with E-state index in [9.17, 15) is 4.79 Å². The second-order valence-corrected chi connectivity index (χ2v) is 4.69. The summed E-state index contributed by atoms with van der Waals surface area (Å²) >= 11 is 0. The molecule has 0 amide bonds. The third-order valence-corrected chi connectivity index (χ3v) is 4.25. The Morgan fingerprint density at radius 2 is 1.93 bits per heavy atom. The Bertz CT molecular complexity index is 230. The van der Waals surface area contributed by atoms with Crippen LogP contribution in [0, 0.1) is 11.8 Å². The Labute approximate surface area is 86.0 Å². The van der Waals surface area contributed by atoms with Crippen LogP contribution in [0.25, 0.3) is 0 Å². The molecule has 0 bridgehead atoms. The summed E-state index contributed by atoms with van der Waals surface area (Å²) in [5.74, 6) is 0.820. The highest BCUT2D eigenvalue weighted by Gasteiger charge is 2.53. The van der Waals surface area contributed by atoms with Crippen molar-refractivity contribution in [1.29, 1.82) is 0 Å². The summed E-state index contributed by atoms with van der Waals surface area (Å²) in [6.45, 7) is 4.29. The molecule has 1 saturated carbocycles. The molecule has 1 saturated heterocycles. The van der Waals surface area contributed by atoms with Gasteiger partial charge < -0.3 is 4.74 Å². The highest BCUT2D eigenvalue weighted by molar-refractivity contribution is 5.76. The van der Waals surface area contributed by atoms with E-state index in [2.05, 4.69) is 13.8 Å². The largest absolute Gasteiger partial charge is 0.459 e. The van der Waals surface area contributed by atoms with Crippen molar-refractivity contribution in [3.63, 3.8) is 0 Å². The Morgan fingerprint density at radius 1 is 1.29 bits per heavy atom. The summed E-state index contributed by atoms with van der Waals surface area (Å²) in [5.41, 5.74) is -0.109. The predicted octanol–water partition coefficient (Wildman–Crippen LogP) is 2.91. The number of fused-ring (bicyclic) bond motifs is 1. The monoisotopic (exact) mass is 196 g/mol. The van der Waals surface area contributed by atoms with E-state index in [4.69, 9.17) is 4.74 Å². The second-order valence-electron chi connectivity index (χ2n) is 4.69. The molecule has 2 nitrogen and oxygen atoms in total. The van der Waals surface area contributed by atoms with Crippen LogP contribution < -0.4 is 0 Å². The van der Waals surface area contributed by atoms with Gasteiger partial charge in [-0.05, 0) is 25.7 Å². The number of carbonyl (C=O) groups is 1. The minimum atomic E-state index is -0.109. The molecule has 2 atom stereocenters. The first-order valence-electron chi connectivity index (χ1n) is 5.96. The molecule has 0 N–H and O–H groups in total. The summed E-state index contributed by atoms with van der Waals surface area (Å²) < 4.78 is 5.66. The Kier molecular flexibility index (Phi) is 2.54. The SMILES string of the molecule is CCC1(CC)OC(=O)[C@H]2CCCC[C@@H]21. The molecule has 2 aliphatic rings. The van der Waals surface area contributed by atoms with Gasteiger partial charge in [0.05, 0.1) is 5.92 Å². The lowest BCUT2D eigenvalue weighted by Gasteiger charge is -2.34. The van der Waals surface area contributed by atoms with Crippen LogP contribution in [0.2, 0.25) is 0 Å². The first-order chi connectivity index (χ1) is 6.73. The minimum Gasteiger partial charge on any atom is -0.459 e. The first-order valence-corrected chi connectivity index (χ1v) is 5.96. The average molecular weight is 196 g/mol. The van der Waals surface area contributed by atoms with E-state index in [0.29, 0.717) is 5.92 Å². The Balaban J connectivity index is 2.24. The number of rotatable bonds is 2. The molecular weight excluding hydrogens is 176 g/mol. The molecule has 2 fully saturated rings. The second kappa shape index (κ2) is 3.56. The van der Waals surface area contributed by atoms with Gasteiger partial charge in [0.25, 0.3) is 0 Å². The van der Waals surface area contributed by atoms with Crippen molar-refractivity contribution in [2.75, 3.05) is 0 Å². The molecular formula is C12H20O2. The number of cyclic esters (lactones) is 1. The number of hydrogen-bond donors (Lipinski definition) is 0. The molecule has 0 aromatic rings. The van der Waals surface area contributed by atoms with Crippen LogP contribution in [-0.4, -0.2) is 11.6 Å². The maximum atomic E-state index is 11.7. The normalized spacial score (nSPS) is 35.1. The molecule has 2 rings (SSSR count). The lowest BCUT2D eigenvalue weighted by Crippen LogP contribution is -2.36. The molecule has 2 heteroatoms. The fourth-order valence-electron chi connectivity index (χ4n) is 3.31. The van der Waals surface area contributed by atoms with E-state index in [0.717, 1.165) is 19.3 Å². The van der Waals surface area contributed by atoms with E-state index in [-0.39, 0.29) is 17.5 Å². The lowest BCUT2D eigenvalue weighted by molar-refractivity contribution is -0.151. The molecule has 0 unspecified atom stereocenters. The van der Waals surface area contributed by atoms with Crippen molar-refractivity contribution in [3.8, 4) is 0 Å².